The zero-order valence-electron chi connectivity index (χ0n) is 16.6. The van der Waals surface area contributed by atoms with Crippen LogP contribution in [-0.2, 0) is 22.6 Å². The second-order valence-corrected chi connectivity index (χ2v) is 7.29. The number of benzene rings is 2. The van der Waals surface area contributed by atoms with Crippen LogP contribution in [0.3, 0.4) is 0 Å². The summed E-state index contributed by atoms with van der Waals surface area (Å²) in [6, 6.07) is 15.0. The first-order chi connectivity index (χ1) is 14.5. The number of nitriles is 1. The Hall–Kier alpha value is -3.40. The molecule has 0 radical (unpaired) electrons. The van der Waals surface area contributed by atoms with Crippen LogP contribution in [0.25, 0.3) is 0 Å². The molecule has 156 valence electrons. The van der Waals surface area contributed by atoms with Crippen molar-refractivity contribution < 1.29 is 18.7 Å². The molecule has 0 saturated carbocycles. The summed E-state index contributed by atoms with van der Waals surface area (Å²) in [5.74, 6) is -0.144. The normalized spacial score (nSPS) is 15.9. The minimum absolute atomic E-state index is 0.0281. The van der Waals surface area contributed by atoms with Gasteiger partial charge in [0.25, 0.3) is 0 Å². The van der Waals surface area contributed by atoms with Gasteiger partial charge in [0.1, 0.15) is 17.6 Å². The molecule has 1 N–H and O–H groups in total. The van der Waals surface area contributed by atoms with Crippen molar-refractivity contribution in [3.63, 3.8) is 0 Å². The third-order valence-corrected chi connectivity index (χ3v) is 5.08. The van der Waals surface area contributed by atoms with E-state index in [0.717, 1.165) is 24.0 Å². The average Bonchev–Trinajstić information content (AvgIpc) is 2.78. The fourth-order valence-corrected chi connectivity index (χ4v) is 3.50. The largest absolute Gasteiger partial charge is 0.479 e. The first kappa shape index (κ1) is 21.3. The second-order valence-electron chi connectivity index (χ2n) is 7.29. The molecule has 30 heavy (non-hydrogen) atoms. The maximum atomic E-state index is 13.0. The lowest BCUT2D eigenvalue weighted by Crippen LogP contribution is -2.45. The van der Waals surface area contributed by atoms with Gasteiger partial charge in [0.15, 0.2) is 6.61 Å². The van der Waals surface area contributed by atoms with E-state index >= 15 is 0 Å². The third-order valence-electron chi connectivity index (χ3n) is 5.08. The maximum Gasteiger partial charge on any atom is 0.227 e. The van der Waals surface area contributed by atoms with Gasteiger partial charge in [0, 0.05) is 19.6 Å². The number of rotatable bonds is 7. The van der Waals surface area contributed by atoms with Gasteiger partial charge in [0.2, 0.25) is 11.8 Å². The van der Waals surface area contributed by atoms with Gasteiger partial charge >= 0.3 is 0 Å². The van der Waals surface area contributed by atoms with Crippen molar-refractivity contribution in [2.75, 3.05) is 19.7 Å². The van der Waals surface area contributed by atoms with Gasteiger partial charge in [0.05, 0.1) is 12.3 Å². The molecular weight excluding hydrogens is 385 g/mol. The van der Waals surface area contributed by atoms with E-state index in [-0.39, 0.29) is 36.6 Å². The summed E-state index contributed by atoms with van der Waals surface area (Å²) in [5.41, 5.74) is 1.63. The number of carbonyl (C=O) groups is 2. The van der Waals surface area contributed by atoms with E-state index in [4.69, 9.17) is 10.00 Å². The summed E-state index contributed by atoms with van der Waals surface area (Å²) in [4.78, 5) is 26.9. The number of likely N-dealkylation sites (tertiary alicyclic amines) is 1. The standard InChI is InChI=1S/C23H24FN3O3/c24-20-8-6-17(7-9-20)14-22(28)27-11-2-4-19(16-27)23(29)26-15-18-3-1-5-21(13-18)30-12-10-25/h1,3,5-9,13,19H,2,4,11-12,14-16H2,(H,26,29). The predicted octanol–water partition coefficient (Wildman–Crippen LogP) is 2.83. The van der Waals surface area contributed by atoms with E-state index in [9.17, 15) is 14.0 Å². The SMILES string of the molecule is N#CCOc1cccc(CNC(=O)C2CCCN(C(=O)Cc3ccc(F)cc3)C2)c1. The number of amides is 2. The molecule has 0 spiro atoms. The molecule has 1 aliphatic rings. The first-order valence-corrected chi connectivity index (χ1v) is 9.94. The quantitative estimate of drug-likeness (QED) is 0.762. The van der Waals surface area contributed by atoms with Crippen LogP contribution in [0.15, 0.2) is 48.5 Å². The Labute approximate surface area is 175 Å². The fraction of sp³-hybridized carbons (Fsp3) is 0.348. The molecule has 2 amide bonds. The minimum Gasteiger partial charge on any atom is -0.479 e. The van der Waals surface area contributed by atoms with E-state index in [1.54, 1.807) is 29.2 Å². The molecule has 1 fully saturated rings. The fourth-order valence-electron chi connectivity index (χ4n) is 3.50. The molecule has 2 aromatic rings. The molecule has 6 nitrogen and oxygen atoms in total. The number of carbonyl (C=O) groups excluding carboxylic acids is 2. The highest BCUT2D eigenvalue weighted by molar-refractivity contribution is 5.82. The summed E-state index contributed by atoms with van der Waals surface area (Å²) in [7, 11) is 0. The number of nitrogens with zero attached hydrogens (tertiary/aromatic N) is 2. The molecular formula is C23H24FN3O3. The van der Waals surface area contributed by atoms with Crippen LogP contribution in [0, 0.1) is 23.1 Å². The molecule has 0 bridgehead atoms. The molecule has 1 heterocycles. The molecule has 0 aromatic heterocycles. The molecule has 2 aromatic carbocycles. The van der Waals surface area contributed by atoms with Crippen LogP contribution in [0.1, 0.15) is 24.0 Å². The molecule has 1 atom stereocenters. The third kappa shape index (κ3) is 6.05. The van der Waals surface area contributed by atoms with Crippen molar-refractivity contribution in [3.05, 3.63) is 65.5 Å². The van der Waals surface area contributed by atoms with E-state index in [1.807, 2.05) is 18.2 Å². The Morgan fingerprint density at radius 2 is 2.00 bits per heavy atom. The Bertz CT molecular complexity index is 924. The number of piperidine rings is 1. The first-order valence-electron chi connectivity index (χ1n) is 9.94. The monoisotopic (exact) mass is 409 g/mol. The highest BCUT2D eigenvalue weighted by Gasteiger charge is 2.28. The van der Waals surface area contributed by atoms with E-state index in [0.29, 0.717) is 25.4 Å². The summed E-state index contributed by atoms with van der Waals surface area (Å²) in [6.45, 7) is 1.33. The maximum absolute atomic E-state index is 13.0. The molecule has 3 rings (SSSR count). The van der Waals surface area contributed by atoms with Crippen LogP contribution in [-0.4, -0.2) is 36.4 Å². The molecule has 1 unspecified atom stereocenters. The van der Waals surface area contributed by atoms with Gasteiger partial charge in [-0.15, -0.1) is 0 Å². The van der Waals surface area contributed by atoms with E-state index in [1.165, 1.54) is 12.1 Å². The van der Waals surface area contributed by atoms with Crippen molar-refractivity contribution in [1.82, 2.24) is 10.2 Å². The number of halogens is 1. The predicted molar refractivity (Wildman–Crippen MR) is 109 cm³/mol. The minimum atomic E-state index is -0.330. The topological polar surface area (TPSA) is 82.4 Å². The molecule has 1 saturated heterocycles. The van der Waals surface area contributed by atoms with Crippen LogP contribution in [0.5, 0.6) is 5.75 Å². The van der Waals surface area contributed by atoms with Gasteiger partial charge in [-0.25, -0.2) is 4.39 Å². The molecule has 1 aliphatic heterocycles. The number of nitrogens with one attached hydrogen (secondary N) is 1. The number of hydrogen-bond acceptors (Lipinski definition) is 4. The van der Waals surface area contributed by atoms with Crippen LogP contribution < -0.4 is 10.1 Å². The average molecular weight is 409 g/mol. The van der Waals surface area contributed by atoms with Crippen molar-refractivity contribution in [2.45, 2.75) is 25.8 Å². The van der Waals surface area contributed by atoms with E-state index in [2.05, 4.69) is 5.32 Å². The van der Waals surface area contributed by atoms with Gasteiger partial charge in [-0.1, -0.05) is 24.3 Å². The van der Waals surface area contributed by atoms with Gasteiger partial charge in [-0.3, -0.25) is 9.59 Å². The Balaban J connectivity index is 1.51. The van der Waals surface area contributed by atoms with Crippen molar-refractivity contribution in [2.24, 2.45) is 5.92 Å². The van der Waals surface area contributed by atoms with Crippen molar-refractivity contribution >= 4 is 11.8 Å². The van der Waals surface area contributed by atoms with Gasteiger partial charge in [-0.05, 0) is 48.2 Å². The van der Waals surface area contributed by atoms with Gasteiger partial charge < -0.3 is 15.0 Å². The van der Waals surface area contributed by atoms with Gasteiger partial charge in [-0.2, -0.15) is 5.26 Å². The number of hydrogen-bond donors (Lipinski definition) is 1. The molecule has 7 heteroatoms. The summed E-state index contributed by atoms with van der Waals surface area (Å²) >= 11 is 0. The van der Waals surface area contributed by atoms with Crippen LogP contribution >= 0.6 is 0 Å². The Morgan fingerprint density at radius 3 is 2.77 bits per heavy atom. The lowest BCUT2D eigenvalue weighted by Gasteiger charge is -2.32. The highest BCUT2D eigenvalue weighted by atomic mass is 19.1. The summed E-state index contributed by atoms with van der Waals surface area (Å²) in [5, 5.41) is 11.5. The molecule has 0 aliphatic carbocycles. The highest BCUT2D eigenvalue weighted by Crippen LogP contribution is 2.19. The zero-order valence-corrected chi connectivity index (χ0v) is 16.6. The summed E-state index contributed by atoms with van der Waals surface area (Å²) in [6.07, 6.45) is 1.70. The number of ether oxygens (including phenoxy) is 1. The van der Waals surface area contributed by atoms with Crippen LogP contribution in [0.4, 0.5) is 4.39 Å². The Kier molecular flexibility index (Phi) is 7.39. The summed E-state index contributed by atoms with van der Waals surface area (Å²) < 4.78 is 18.3. The second kappa shape index (κ2) is 10.4. The lowest BCUT2D eigenvalue weighted by atomic mass is 9.96. The van der Waals surface area contributed by atoms with Crippen molar-refractivity contribution in [3.8, 4) is 11.8 Å². The lowest BCUT2D eigenvalue weighted by molar-refractivity contribution is -0.135. The Morgan fingerprint density at radius 1 is 1.20 bits per heavy atom. The van der Waals surface area contributed by atoms with Crippen LogP contribution in [0.2, 0.25) is 0 Å². The van der Waals surface area contributed by atoms with Crippen molar-refractivity contribution in [1.29, 1.82) is 5.26 Å². The zero-order chi connectivity index (χ0) is 21.3. The smallest absolute Gasteiger partial charge is 0.227 e. The van der Waals surface area contributed by atoms with E-state index < -0.39 is 0 Å².